The lowest BCUT2D eigenvalue weighted by Gasteiger charge is -2.05. The predicted octanol–water partition coefficient (Wildman–Crippen LogP) is 2.75. The summed E-state index contributed by atoms with van der Waals surface area (Å²) in [5.41, 5.74) is 16.7. The van der Waals surface area contributed by atoms with Crippen molar-refractivity contribution in [3.63, 3.8) is 0 Å². The van der Waals surface area contributed by atoms with Crippen molar-refractivity contribution in [1.82, 2.24) is 0 Å². The third-order valence-electron chi connectivity index (χ3n) is 2.57. The van der Waals surface area contributed by atoms with Crippen molar-refractivity contribution in [2.75, 3.05) is 11.5 Å². The van der Waals surface area contributed by atoms with Gasteiger partial charge in [-0.25, -0.2) is 0 Å². The Bertz CT molecular complexity index is 466. The van der Waals surface area contributed by atoms with Crippen molar-refractivity contribution in [3.05, 3.63) is 59.2 Å². The van der Waals surface area contributed by atoms with E-state index in [1.54, 1.807) is 6.07 Å². The van der Waals surface area contributed by atoms with Gasteiger partial charge in [-0.3, -0.25) is 0 Å². The second-order valence-electron chi connectivity index (χ2n) is 4.17. The van der Waals surface area contributed by atoms with Gasteiger partial charge in [0.25, 0.3) is 0 Å². The van der Waals surface area contributed by atoms with E-state index >= 15 is 0 Å². The van der Waals surface area contributed by atoms with Crippen LogP contribution in [0.3, 0.4) is 0 Å². The van der Waals surface area contributed by atoms with Gasteiger partial charge < -0.3 is 11.5 Å². The maximum absolute atomic E-state index is 5.76. The summed E-state index contributed by atoms with van der Waals surface area (Å²) >= 11 is 0. The monoisotopic (exact) mass is 212 g/mol. The average Bonchev–Trinajstić information content (AvgIpc) is 2.20. The van der Waals surface area contributed by atoms with Gasteiger partial charge in [-0.1, -0.05) is 29.8 Å². The maximum atomic E-state index is 5.76. The van der Waals surface area contributed by atoms with Gasteiger partial charge in [-0.15, -0.1) is 0 Å². The maximum Gasteiger partial charge on any atom is 0.0337 e. The summed E-state index contributed by atoms with van der Waals surface area (Å²) in [5.74, 6) is 0. The zero-order chi connectivity index (χ0) is 11.5. The van der Waals surface area contributed by atoms with Gasteiger partial charge in [0.05, 0.1) is 0 Å². The van der Waals surface area contributed by atoms with E-state index in [9.17, 15) is 0 Å². The van der Waals surface area contributed by atoms with Gasteiger partial charge in [0.1, 0.15) is 0 Å². The summed E-state index contributed by atoms with van der Waals surface area (Å²) in [6.07, 6.45) is 0.871. The first kappa shape index (κ1) is 10.6. The molecule has 2 aromatic rings. The van der Waals surface area contributed by atoms with Gasteiger partial charge in [0.2, 0.25) is 0 Å². The molecule has 2 nitrogen and oxygen atoms in total. The van der Waals surface area contributed by atoms with Crippen LogP contribution < -0.4 is 11.5 Å². The quantitative estimate of drug-likeness (QED) is 0.752. The van der Waals surface area contributed by atoms with Crippen LogP contribution in [-0.4, -0.2) is 0 Å². The van der Waals surface area contributed by atoms with Crippen molar-refractivity contribution >= 4 is 11.4 Å². The highest BCUT2D eigenvalue weighted by Gasteiger charge is 1.99. The molecule has 0 aromatic heterocycles. The fourth-order valence-corrected chi connectivity index (χ4v) is 1.79. The second-order valence-corrected chi connectivity index (χ2v) is 4.17. The standard InChI is InChI=1S/C14H16N2/c1-10-2-4-11(5-3-10)6-12-7-13(15)9-14(16)8-12/h2-5,7-9H,6,15-16H2,1H3. The molecule has 82 valence electrons. The molecule has 0 amide bonds. The normalized spacial score (nSPS) is 10.3. The van der Waals surface area contributed by atoms with Crippen LogP contribution in [0.15, 0.2) is 42.5 Å². The molecular formula is C14H16N2. The Morgan fingerprint density at radius 3 is 1.94 bits per heavy atom. The van der Waals surface area contributed by atoms with Crippen molar-refractivity contribution in [3.8, 4) is 0 Å². The van der Waals surface area contributed by atoms with Crippen LogP contribution in [0.4, 0.5) is 11.4 Å². The molecule has 2 rings (SSSR count). The molecule has 0 spiro atoms. The lowest BCUT2D eigenvalue weighted by Crippen LogP contribution is -1.95. The lowest BCUT2D eigenvalue weighted by atomic mass is 10.0. The van der Waals surface area contributed by atoms with E-state index in [0.717, 1.165) is 23.4 Å². The van der Waals surface area contributed by atoms with Gasteiger partial charge in [-0.05, 0) is 42.7 Å². The Morgan fingerprint density at radius 1 is 0.812 bits per heavy atom. The molecule has 0 atom stereocenters. The van der Waals surface area contributed by atoms with E-state index in [4.69, 9.17) is 11.5 Å². The minimum atomic E-state index is 0.724. The van der Waals surface area contributed by atoms with E-state index in [-0.39, 0.29) is 0 Å². The number of anilines is 2. The molecule has 0 unspecified atom stereocenters. The molecule has 0 heterocycles. The van der Waals surface area contributed by atoms with E-state index in [1.807, 2.05) is 12.1 Å². The minimum Gasteiger partial charge on any atom is -0.399 e. The Morgan fingerprint density at radius 2 is 1.38 bits per heavy atom. The topological polar surface area (TPSA) is 52.0 Å². The number of benzene rings is 2. The minimum absolute atomic E-state index is 0.724. The molecule has 0 saturated heterocycles. The molecule has 0 aliphatic carbocycles. The first-order valence-corrected chi connectivity index (χ1v) is 5.34. The number of nitrogen functional groups attached to an aromatic ring is 2. The highest BCUT2D eigenvalue weighted by atomic mass is 14.6. The van der Waals surface area contributed by atoms with Crippen molar-refractivity contribution in [1.29, 1.82) is 0 Å². The predicted molar refractivity (Wildman–Crippen MR) is 69.3 cm³/mol. The number of hydrogen-bond acceptors (Lipinski definition) is 2. The summed E-state index contributed by atoms with van der Waals surface area (Å²) in [6, 6.07) is 14.2. The molecule has 0 bridgehead atoms. The number of hydrogen-bond donors (Lipinski definition) is 2. The van der Waals surface area contributed by atoms with Gasteiger partial charge >= 0.3 is 0 Å². The van der Waals surface area contributed by atoms with Crippen molar-refractivity contribution < 1.29 is 0 Å². The molecular weight excluding hydrogens is 196 g/mol. The summed E-state index contributed by atoms with van der Waals surface area (Å²) < 4.78 is 0. The Balaban J connectivity index is 2.23. The number of rotatable bonds is 2. The van der Waals surface area contributed by atoms with Crippen LogP contribution in [0.2, 0.25) is 0 Å². The third kappa shape index (κ3) is 2.54. The SMILES string of the molecule is Cc1ccc(Cc2cc(N)cc(N)c2)cc1. The summed E-state index contributed by atoms with van der Waals surface area (Å²) in [5, 5.41) is 0. The first-order chi connectivity index (χ1) is 7.63. The molecule has 0 radical (unpaired) electrons. The van der Waals surface area contributed by atoms with Crippen LogP contribution >= 0.6 is 0 Å². The molecule has 0 aliphatic rings. The summed E-state index contributed by atoms with van der Waals surface area (Å²) in [7, 11) is 0. The Kier molecular flexibility index (Phi) is 2.82. The van der Waals surface area contributed by atoms with Gasteiger partial charge in [0, 0.05) is 11.4 Å². The third-order valence-corrected chi connectivity index (χ3v) is 2.57. The van der Waals surface area contributed by atoms with Crippen LogP contribution in [0, 0.1) is 6.92 Å². The highest BCUT2D eigenvalue weighted by Crippen LogP contribution is 2.17. The zero-order valence-electron chi connectivity index (χ0n) is 9.40. The molecule has 4 N–H and O–H groups in total. The van der Waals surface area contributed by atoms with Gasteiger partial charge in [0.15, 0.2) is 0 Å². The van der Waals surface area contributed by atoms with Crippen molar-refractivity contribution in [2.24, 2.45) is 0 Å². The largest absolute Gasteiger partial charge is 0.399 e. The van der Waals surface area contributed by atoms with Crippen LogP contribution in [0.1, 0.15) is 16.7 Å². The molecule has 0 fully saturated rings. The van der Waals surface area contributed by atoms with Crippen LogP contribution in [0.5, 0.6) is 0 Å². The molecule has 2 heteroatoms. The molecule has 0 saturated carbocycles. The van der Waals surface area contributed by atoms with E-state index < -0.39 is 0 Å². The molecule has 16 heavy (non-hydrogen) atoms. The smallest absolute Gasteiger partial charge is 0.0337 e. The Hall–Kier alpha value is -1.96. The molecule has 0 aliphatic heterocycles. The van der Waals surface area contributed by atoms with E-state index in [1.165, 1.54) is 11.1 Å². The number of nitrogens with two attached hydrogens (primary N) is 2. The summed E-state index contributed by atoms with van der Waals surface area (Å²) in [6.45, 7) is 2.09. The average molecular weight is 212 g/mol. The fourth-order valence-electron chi connectivity index (χ4n) is 1.79. The van der Waals surface area contributed by atoms with Crippen LogP contribution in [-0.2, 0) is 6.42 Å². The highest BCUT2D eigenvalue weighted by molar-refractivity contribution is 5.55. The van der Waals surface area contributed by atoms with Crippen LogP contribution in [0.25, 0.3) is 0 Å². The summed E-state index contributed by atoms with van der Waals surface area (Å²) in [4.78, 5) is 0. The Labute approximate surface area is 95.9 Å². The number of aryl methyl sites for hydroxylation is 1. The zero-order valence-corrected chi connectivity index (χ0v) is 9.40. The van der Waals surface area contributed by atoms with Gasteiger partial charge in [-0.2, -0.15) is 0 Å². The lowest BCUT2D eigenvalue weighted by molar-refractivity contribution is 1.19. The first-order valence-electron chi connectivity index (χ1n) is 5.34. The van der Waals surface area contributed by atoms with E-state index in [0.29, 0.717) is 0 Å². The second kappa shape index (κ2) is 4.27. The molecule has 2 aromatic carbocycles. The fraction of sp³-hybridized carbons (Fsp3) is 0.143. The van der Waals surface area contributed by atoms with Crippen molar-refractivity contribution in [2.45, 2.75) is 13.3 Å². The van der Waals surface area contributed by atoms with E-state index in [2.05, 4.69) is 31.2 Å².